The summed E-state index contributed by atoms with van der Waals surface area (Å²) in [4.78, 5) is 24.8. The lowest BCUT2D eigenvalue weighted by Gasteiger charge is -2.27. The molecule has 0 saturated carbocycles. The van der Waals surface area contributed by atoms with Crippen LogP contribution in [0, 0.1) is 0 Å². The van der Waals surface area contributed by atoms with Gasteiger partial charge < -0.3 is 15.0 Å². The molecule has 90 valence electrons. The van der Waals surface area contributed by atoms with Crippen molar-refractivity contribution >= 4 is 12.0 Å². The lowest BCUT2D eigenvalue weighted by molar-refractivity contribution is -0.119. The summed E-state index contributed by atoms with van der Waals surface area (Å²) in [5, 5.41) is 2.88. The van der Waals surface area contributed by atoms with Crippen LogP contribution in [-0.2, 0) is 9.53 Å². The van der Waals surface area contributed by atoms with E-state index in [1.54, 1.807) is 4.90 Å². The van der Waals surface area contributed by atoms with Gasteiger partial charge in [0.2, 0.25) is 5.91 Å². The lowest BCUT2D eigenvalue weighted by atomic mass is 10.1. The molecule has 5 nitrogen and oxygen atoms in total. The predicted octanol–water partition coefficient (Wildman–Crippen LogP) is 0.884. The fourth-order valence-corrected chi connectivity index (χ4v) is 2.28. The number of hydrogen-bond acceptors (Lipinski definition) is 3. The Morgan fingerprint density at radius 3 is 2.81 bits per heavy atom. The maximum absolute atomic E-state index is 11.9. The summed E-state index contributed by atoms with van der Waals surface area (Å²) >= 11 is 0. The first-order valence-corrected chi connectivity index (χ1v) is 5.66. The first-order valence-electron chi connectivity index (χ1n) is 5.66. The summed E-state index contributed by atoms with van der Waals surface area (Å²) in [7, 11) is 0. The van der Waals surface area contributed by atoms with Crippen LogP contribution in [0.5, 0.6) is 0 Å². The number of carbonyl (C=O) groups excluding carboxylic acids is 2. The van der Waals surface area contributed by atoms with Crippen LogP contribution in [-0.4, -0.2) is 41.1 Å². The fraction of sp³-hybridized carbons (Fsp3) is 0.818. The molecule has 2 aliphatic rings. The van der Waals surface area contributed by atoms with Gasteiger partial charge in [0.05, 0.1) is 12.1 Å². The molecule has 16 heavy (non-hydrogen) atoms. The number of fused-ring (bicyclic) bond motifs is 1. The van der Waals surface area contributed by atoms with Gasteiger partial charge in [0, 0.05) is 13.0 Å². The number of amides is 2. The zero-order chi connectivity index (χ0) is 11.9. The van der Waals surface area contributed by atoms with Crippen LogP contribution in [0.1, 0.15) is 33.6 Å². The van der Waals surface area contributed by atoms with E-state index >= 15 is 0 Å². The van der Waals surface area contributed by atoms with Crippen LogP contribution in [0.15, 0.2) is 0 Å². The molecule has 2 fully saturated rings. The third kappa shape index (κ3) is 2.13. The summed E-state index contributed by atoms with van der Waals surface area (Å²) in [6.07, 6.45) is 0.927. The molecule has 2 atom stereocenters. The highest BCUT2D eigenvalue weighted by Crippen LogP contribution is 2.27. The number of likely N-dealkylation sites (tertiary alicyclic amines) is 1. The monoisotopic (exact) mass is 226 g/mol. The summed E-state index contributed by atoms with van der Waals surface area (Å²) in [5.41, 5.74) is -0.481. The molecule has 5 heteroatoms. The molecule has 2 saturated heterocycles. The predicted molar refractivity (Wildman–Crippen MR) is 57.9 cm³/mol. The summed E-state index contributed by atoms with van der Waals surface area (Å²) in [5.74, 6) is 0.0308. The van der Waals surface area contributed by atoms with E-state index in [9.17, 15) is 9.59 Å². The molecule has 0 radical (unpaired) electrons. The Kier molecular flexibility index (Phi) is 2.56. The van der Waals surface area contributed by atoms with E-state index in [4.69, 9.17) is 4.74 Å². The van der Waals surface area contributed by atoms with E-state index in [2.05, 4.69) is 5.32 Å². The number of nitrogens with zero attached hydrogens (tertiary/aromatic N) is 1. The molecule has 0 spiro atoms. The van der Waals surface area contributed by atoms with Crippen LogP contribution in [0.4, 0.5) is 4.79 Å². The van der Waals surface area contributed by atoms with Gasteiger partial charge in [0.15, 0.2) is 0 Å². The van der Waals surface area contributed by atoms with Gasteiger partial charge in [-0.3, -0.25) is 4.79 Å². The number of nitrogens with one attached hydrogen (secondary N) is 1. The molecule has 0 aromatic carbocycles. The summed E-state index contributed by atoms with van der Waals surface area (Å²) < 4.78 is 5.31. The van der Waals surface area contributed by atoms with E-state index in [0.29, 0.717) is 13.0 Å². The van der Waals surface area contributed by atoms with Gasteiger partial charge >= 0.3 is 6.09 Å². The minimum atomic E-state index is -0.481. The zero-order valence-electron chi connectivity index (χ0n) is 9.95. The minimum Gasteiger partial charge on any atom is -0.444 e. The molecule has 2 amide bonds. The third-order valence-electron chi connectivity index (χ3n) is 2.91. The highest BCUT2D eigenvalue weighted by molar-refractivity contribution is 5.81. The highest BCUT2D eigenvalue weighted by atomic mass is 16.6. The van der Waals surface area contributed by atoms with Crippen molar-refractivity contribution in [1.82, 2.24) is 10.2 Å². The van der Waals surface area contributed by atoms with Gasteiger partial charge in [-0.15, -0.1) is 0 Å². The number of carbonyl (C=O) groups is 2. The van der Waals surface area contributed by atoms with Crippen LogP contribution in [0.25, 0.3) is 0 Å². The largest absolute Gasteiger partial charge is 0.444 e. The molecular weight excluding hydrogens is 208 g/mol. The van der Waals surface area contributed by atoms with Gasteiger partial charge in [-0.05, 0) is 27.2 Å². The molecule has 0 aromatic heterocycles. The average molecular weight is 226 g/mol. The Morgan fingerprint density at radius 1 is 1.50 bits per heavy atom. The normalized spacial score (nSPS) is 28.9. The van der Waals surface area contributed by atoms with Gasteiger partial charge in [0.1, 0.15) is 5.60 Å². The molecule has 2 heterocycles. The van der Waals surface area contributed by atoms with Crippen molar-refractivity contribution in [3.8, 4) is 0 Å². The molecule has 2 aliphatic heterocycles. The molecule has 0 aliphatic carbocycles. The SMILES string of the molecule is CC(C)(C)OC(=O)N1CC[C@@H]2NC(=O)C[C@@H]21. The van der Waals surface area contributed by atoms with Crippen LogP contribution >= 0.6 is 0 Å². The van der Waals surface area contributed by atoms with E-state index < -0.39 is 5.60 Å². The van der Waals surface area contributed by atoms with Crippen molar-refractivity contribution in [3.05, 3.63) is 0 Å². The van der Waals surface area contributed by atoms with Crippen molar-refractivity contribution < 1.29 is 14.3 Å². The maximum Gasteiger partial charge on any atom is 0.410 e. The van der Waals surface area contributed by atoms with Crippen molar-refractivity contribution in [2.45, 2.75) is 51.3 Å². The summed E-state index contributed by atoms with van der Waals surface area (Å²) in [6.45, 7) is 6.20. The molecular formula is C11H18N2O3. The van der Waals surface area contributed by atoms with Gasteiger partial charge in [-0.2, -0.15) is 0 Å². The van der Waals surface area contributed by atoms with Gasteiger partial charge in [-0.1, -0.05) is 0 Å². The standard InChI is InChI=1S/C11H18N2O3/c1-11(2,3)16-10(15)13-5-4-7-8(13)6-9(14)12-7/h7-8H,4-6H2,1-3H3,(H,12,14)/t7-,8-/m0/s1. The Labute approximate surface area is 95.1 Å². The third-order valence-corrected chi connectivity index (χ3v) is 2.91. The first-order chi connectivity index (χ1) is 7.37. The van der Waals surface area contributed by atoms with Crippen LogP contribution in [0.3, 0.4) is 0 Å². The topological polar surface area (TPSA) is 58.6 Å². The van der Waals surface area contributed by atoms with Crippen LogP contribution in [0.2, 0.25) is 0 Å². The number of rotatable bonds is 0. The van der Waals surface area contributed by atoms with E-state index in [1.165, 1.54) is 0 Å². The molecule has 0 unspecified atom stereocenters. The quantitative estimate of drug-likeness (QED) is 0.667. The second-order valence-electron chi connectivity index (χ2n) is 5.41. The molecule has 0 aromatic rings. The van der Waals surface area contributed by atoms with Gasteiger partial charge in [0.25, 0.3) is 0 Å². The fourth-order valence-electron chi connectivity index (χ4n) is 2.28. The van der Waals surface area contributed by atoms with Crippen molar-refractivity contribution in [2.24, 2.45) is 0 Å². The molecule has 1 N–H and O–H groups in total. The van der Waals surface area contributed by atoms with Crippen LogP contribution < -0.4 is 5.32 Å². The molecule has 0 bridgehead atoms. The van der Waals surface area contributed by atoms with E-state index in [-0.39, 0.29) is 24.1 Å². The Hall–Kier alpha value is -1.26. The highest BCUT2D eigenvalue weighted by Gasteiger charge is 2.44. The Bertz CT molecular complexity index is 322. The van der Waals surface area contributed by atoms with Crippen molar-refractivity contribution in [2.75, 3.05) is 6.54 Å². The van der Waals surface area contributed by atoms with E-state index in [0.717, 1.165) is 6.42 Å². The van der Waals surface area contributed by atoms with Crippen molar-refractivity contribution in [3.63, 3.8) is 0 Å². The van der Waals surface area contributed by atoms with Crippen molar-refractivity contribution in [1.29, 1.82) is 0 Å². The smallest absolute Gasteiger partial charge is 0.410 e. The maximum atomic E-state index is 11.9. The van der Waals surface area contributed by atoms with E-state index in [1.807, 2.05) is 20.8 Å². The second-order valence-corrected chi connectivity index (χ2v) is 5.41. The van der Waals surface area contributed by atoms with Gasteiger partial charge in [-0.25, -0.2) is 4.79 Å². The number of hydrogen-bond donors (Lipinski definition) is 1. The first kappa shape index (κ1) is 11.2. The number of ether oxygens (including phenoxy) is 1. The zero-order valence-corrected chi connectivity index (χ0v) is 9.95. The lowest BCUT2D eigenvalue weighted by Crippen LogP contribution is -2.41. The average Bonchev–Trinajstić information content (AvgIpc) is 2.58. The molecule has 2 rings (SSSR count). The second kappa shape index (κ2) is 3.64. The summed E-state index contributed by atoms with van der Waals surface area (Å²) in [6, 6.07) is 0.113. The minimum absolute atomic E-state index is 0.0117. The Balaban J connectivity index is 2.00. The Morgan fingerprint density at radius 2 is 2.19 bits per heavy atom.